The summed E-state index contributed by atoms with van der Waals surface area (Å²) < 4.78 is 13.0. The summed E-state index contributed by atoms with van der Waals surface area (Å²) in [5.41, 5.74) is -0.596. The standard InChI is InChI=1S/C18H28FNO3/c1-13(21)16(18(2,23)20-10-4-3-5-11-20)12-17(22)14-6-8-15(19)9-7-14/h6-9,13,16-17,21-23H,3-5,10-12H2,1-2H3. The molecule has 0 radical (unpaired) electrons. The summed E-state index contributed by atoms with van der Waals surface area (Å²) in [4.78, 5) is 1.99. The third kappa shape index (κ3) is 4.51. The summed E-state index contributed by atoms with van der Waals surface area (Å²) in [7, 11) is 0. The predicted octanol–water partition coefficient (Wildman–Crippen LogP) is 2.44. The molecular weight excluding hydrogens is 297 g/mol. The molecule has 4 unspecified atom stereocenters. The van der Waals surface area contributed by atoms with Crippen LogP contribution >= 0.6 is 0 Å². The van der Waals surface area contributed by atoms with Gasteiger partial charge in [0.15, 0.2) is 0 Å². The zero-order valence-electron chi connectivity index (χ0n) is 14.0. The first kappa shape index (κ1) is 18.3. The molecule has 0 saturated carbocycles. The maximum atomic E-state index is 13.0. The Balaban J connectivity index is 2.12. The molecule has 2 rings (SSSR count). The van der Waals surface area contributed by atoms with E-state index in [4.69, 9.17) is 0 Å². The predicted molar refractivity (Wildman–Crippen MR) is 87.2 cm³/mol. The first-order valence-corrected chi connectivity index (χ1v) is 8.41. The smallest absolute Gasteiger partial charge is 0.123 e. The van der Waals surface area contributed by atoms with Crippen molar-refractivity contribution in [1.29, 1.82) is 0 Å². The lowest BCUT2D eigenvalue weighted by atomic mass is 9.83. The van der Waals surface area contributed by atoms with Crippen LogP contribution in [0.5, 0.6) is 0 Å². The highest BCUT2D eigenvalue weighted by molar-refractivity contribution is 5.18. The van der Waals surface area contributed by atoms with E-state index in [1.165, 1.54) is 24.3 Å². The first-order valence-electron chi connectivity index (χ1n) is 8.41. The van der Waals surface area contributed by atoms with Gasteiger partial charge in [-0.1, -0.05) is 18.6 Å². The molecule has 130 valence electrons. The van der Waals surface area contributed by atoms with Gasteiger partial charge in [-0.25, -0.2) is 4.39 Å². The summed E-state index contributed by atoms with van der Waals surface area (Å²) in [5, 5.41) is 31.6. The molecule has 5 heteroatoms. The lowest BCUT2D eigenvalue weighted by molar-refractivity contribution is -0.174. The summed E-state index contributed by atoms with van der Waals surface area (Å²) in [6.45, 7) is 4.94. The Morgan fingerprint density at radius 3 is 2.22 bits per heavy atom. The van der Waals surface area contributed by atoms with Crippen molar-refractivity contribution in [3.05, 3.63) is 35.6 Å². The molecule has 1 aliphatic heterocycles. The average Bonchev–Trinajstić information content (AvgIpc) is 2.53. The van der Waals surface area contributed by atoms with Crippen molar-refractivity contribution in [2.24, 2.45) is 5.92 Å². The molecule has 0 amide bonds. The minimum atomic E-state index is -1.18. The van der Waals surface area contributed by atoms with E-state index in [1.54, 1.807) is 13.8 Å². The van der Waals surface area contributed by atoms with E-state index >= 15 is 0 Å². The van der Waals surface area contributed by atoms with Crippen molar-refractivity contribution < 1.29 is 19.7 Å². The number of aliphatic hydroxyl groups excluding tert-OH is 2. The maximum absolute atomic E-state index is 13.0. The number of halogens is 1. The molecule has 1 fully saturated rings. The summed E-state index contributed by atoms with van der Waals surface area (Å²) in [5.74, 6) is -0.853. The molecule has 4 atom stereocenters. The number of hydrogen-bond acceptors (Lipinski definition) is 4. The van der Waals surface area contributed by atoms with Crippen LogP contribution in [-0.2, 0) is 0 Å². The van der Waals surface area contributed by atoms with Crippen LogP contribution in [0.3, 0.4) is 0 Å². The fourth-order valence-electron chi connectivity index (χ4n) is 3.52. The minimum Gasteiger partial charge on any atom is -0.393 e. The lowest BCUT2D eigenvalue weighted by Crippen LogP contribution is -2.56. The van der Waals surface area contributed by atoms with Gasteiger partial charge in [0.05, 0.1) is 12.2 Å². The molecule has 1 saturated heterocycles. The molecule has 1 aromatic rings. The lowest BCUT2D eigenvalue weighted by Gasteiger charge is -2.46. The van der Waals surface area contributed by atoms with Crippen LogP contribution in [-0.4, -0.2) is 45.1 Å². The van der Waals surface area contributed by atoms with Gasteiger partial charge in [0.2, 0.25) is 0 Å². The quantitative estimate of drug-likeness (QED) is 0.752. The van der Waals surface area contributed by atoms with Crippen molar-refractivity contribution in [3.8, 4) is 0 Å². The van der Waals surface area contributed by atoms with Crippen LogP contribution in [0.2, 0.25) is 0 Å². The normalized spacial score (nSPS) is 23.0. The van der Waals surface area contributed by atoms with Gasteiger partial charge in [0.25, 0.3) is 0 Å². The number of hydrogen-bond donors (Lipinski definition) is 3. The molecule has 1 heterocycles. The SMILES string of the molecule is CC(O)C(CC(O)c1ccc(F)cc1)C(C)(O)N1CCCCC1. The van der Waals surface area contributed by atoms with Crippen molar-refractivity contribution in [2.75, 3.05) is 13.1 Å². The average molecular weight is 325 g/mol. The number of piperidine rings is 1. The molecule has 0 aliphatic carbocycles. The van der Waals surface area contributed by atoms with E-state index in [-0.39, 0.29) is 12.2 Å². The molecular formula is C18H28FNO3. The van der Waals surface area contributed by atoms with E-state index < -0.39 is 23.9 Å². The second-order valence-electron chi connectivity index (χ2n) is 6.79. The number of aliphatic hydroxyl groups is 3. The molecule has 0 bridgehead atoms. The van der Waals surface area contributed by atoms with Crippen molar-refractivity contribution in [3.63, 3.8) is 0 Å². The minimum absolute atomic E-state index is 0.215. The van der Waals surface area contributed by atoms with Crippen LogP contribution in [0, 0.1) is 11.7 Å². The second kappa shape index (κ2) is 7.71. The fraction of sp³-hybridized carbons (Fsp3) is 0.667. The zero-order chi connectivity index (χ0) is 17.0. The van der Waals surface area contributed by atoms with Gasteiger partial charge in [-0.15, -0.1) is 0 Å². The van der Waals surface area contributed by atoms with Gasteiger partial charge in [-0.2, -0.15) is 0 Å². The van der Waals surface area contributed by atoms with Crippen LogP contribution in [0.4, 0.5) is 4.39 Å². The zero-order valence-corrected chi connectivity index (χ0v) is 14.0. The topological polar surface area (TPSA) is 63.9 Å². The third-order valence-electron chi connectivity index (χ3n) is 5.01. The molecule has 0 aromatic heterocycles. The summed E-state index contributed by atoms with van der Waals surface area (Å²) >= 11 is 0. The number of likely N-dealkylation sites (tertiary alicyclic amines) is 1. The van der Waals surface area contributed by atoms with E-state index in [9.17, 15) is 19.7 Å². The summed E-state index contributed by atoms with van der Waals surface area (Å²) in [6, 6.07) is 5.68. The van der Waals surface area contributed by atoms with Gasteiger partial charge in [0.1, 0.15) is 11.5 Å². The van der Waals surface area contributed by atoms with E-state index in [2.05, 4.69) is 0 Å². The maximum Gasteiger partial charge on any atom is 0.123 e. The Labute approximate surface area is 137 Å². The highest BCUT2D eigenvalue weighted by Gasteiger charge is 2.41. The highest BCUT2D eigenvalue weighted by atomic mass is 19.1. The van der Waals surface area contributed by atoms with E-state index in [0.29, 0.717) is 5.56 Å². The van der Waals surface area contributed by atoms with Crippen molar-refractivity contribution >= 4 is 0 Å². The van der Waals surface area contributed by atoms with Crippen LogP contribution < -0.4 is 0 Å². The fourth-order valence-corrected chi connectivity index (χ4v) is 3.52. The molecule has 4 nitrogen and oxygen atoms in total. The van der Waals surface area contributed by atoms with Crippen molar-refractivity contribution in [2.45, 2.75) is 57.5 Å². The number of benzene rings is 1. The van der Waals surface area contributed by atoms with Crippen LogP contribution in [0.25, 0.3) is 0 Å². The largest absolute Gasteiger partial charge is 0.393 e. The van der Waals surface area contributed by atoms with Gasteiger partial charge < -0.3 is 15.3 Å². The van der Waals surface area contributed by atoms with Gasteiger partial charge in [0, 0.05) is 19.0 Å². The molecule has 1 aliphatic rings. The van der Waals surface area contributed by atoms with Gasteiger partial charge in [-0.3, -0.25) is 4.90 Å². The monoisotopic (exact) mass is 325 g/mol. The summed E-state index contributed by atoms with van der Waals surface area (Å²) in [6.07, 6.45) is 1.82. The Morgan fingerprint density at radius 2 is 1.70 bits per heavy atom. The molecule has 1 aromatic carbocycles. The third-order valence-corrected chi connectivity index (χ3v) is 5.01. The Hall–Kier alpha value is -1.01. The Morgan fingerprint density at radius 1 is 1.13 bits per heavy atom. The number of nitrogens with zero attached hydrogens (tertiary/aromatic N) is 1. The van der Waals surface area contributed by atoms with Crippen LogP contribution in [0.15, 0.2) is 24.3 Å². The van der Waals surface area contributed by atoms with E-state index in [0.717, 1.165) is 32.4 Å². The van der Waals surface area contributed by atoms with Gasteiger partial charge >= 0.3 is 0 Å². The van der Waals surface area contributed by atoms with Crippen molar-refractivity contribution in [1.82, 2.24) is 4.90 Å². The Kier molecular flexibility index (Phi) is 6.14. The molecule has 3 N–H and O–H groups in total. The first-order chi connectivity index (χ1) is 10.8. The van der Waals surface area contributed by atoms with E-state index in [1.807, 2.05) is 4.90 Å². The highest BCUT2D eigenvalue weighted by Crippen LogP contribution is 2.34. The Bertz CT molecular complexity index is 484. The second-order valence-corrected chi connectivity index (χ2v) is 6.79. The molecule has 23 heavy (non-hydrogen) atoms. The van der Waals surface area contributed by atoms with Gasteiger partial charge in [-0.05, 0) is 50.8 Å². The van der Waals surface area contributed by atoms with Crippen LogP contribution in [0.1, 0.15) is 51.2 Å². The number of rotatable bonds is 6. The molecule has 0 spiro atoms.